The van der Waals surface area contributed by atoms with Crippen LogP contribution in [0, 0.1) is 5.82 Å². The van der Waals surface area contributed by atoms with Gasteiger partial charge in [-0.1, -0.05) is 36.4 Å². The molecule has 12 heteroatoms. The number of benzene rings is 2. The number of rotatable bonds is 12. The standard InChI is InChI=1S/C36H41FN6O4S/c37-27-20-31(34(45)40-28-10-12-29(13-11-28)41-35(46)32-23-48-33(22-44)42-32)36(39-21-27)47-30-5-1-4-26(19-30)25-8-6-24(7-9-25)3-2-16-43-17-14-38-15-18-43/h1,4-9,19-21,23,28-29,38,44H,2-3,10-18,22H2,(H,40,45)(H,41,46). The zero-order valence-corrected chi connectivity index (χ0v) is 27.6. The van der Waals surface area contributed by atoms with Crippen LogP contribution in [-0.2, 0) is 13.0 Å². The number of thiazole rings is 1. The number of aryl methyl sites for hydroxylation is 1. The highest BCUT2D eigenvalue weighted by atomic mass is 32.1. The fourth-order valence-electron chi connectivity index (χ4n) is 6.22. The van der Waals surface area contributed by atoms with Crippen molar-refractivity contribution in [1.29, 1.82) is 0 Å². The molecule has 1 aliphatic carbocycles. The molecule has 0 bridgehead atoms. The Hall–Kier alpha value is -4.23. The molecule has 48 heavy (non-hydrogen) atoms. The smallest absolute Gasteiger partial charge is 0.270 e. The predicted octanol–water partition coefficient (Wildman–Crippen LogP) is 4.94. The summed E-state index contributed by atoms with van der Waals surface area (Å²) in [5.74, 6) is -0.858. The number of aliphatic hydroxyl groups excluding tert-OH is 1. The number of pyridine rings is 1. The van der Waals surface area contributed by atoms with E-state index in [4.69, 9.17) is 4.74 Å². The summed E-state index contributed by atoms with van der Waals surface area (Å²) in [6, 6.07) is 17.1. The van der Waals surface area contributed by atoms with Gasteiger partial charge < -0.3 is 30.7 Å². The molecule has 2 fully saturated rings. The number of carbonyl (C=O) groups is 2. The monoisotopic (exact) mass is 672 g/mol. The number of halogens is 1. The summed E-state index contributed by atoms with van der Waals surface area (Å²) < 4.78 is 20.4. The molecule has 1 saturated carbocycles. The summed E-state index contributed by atoms with van der Waals surface area (Å²) in [7, 11) is 0. The van der Waals surface area contributed by atoms with Gasteiger partial charge in [0, 0.05) is 43.6 Å². The Kier molecular flexibility index (Phi) is 11.4. The number of nitrogens with zero attached hydrogens (tertiary/aromatic N) is 3. The molecule has 0 atom stereocenters. The number of aliphatic hydroxyl groups is 1. The maximum atomic E-state index is 14.3. The largest absolute Gasteiger partial charge is 0.438 e. The molecule has 0 unspecified atom stereocenters. The maximum Gasteiger partial charge on any atom is 0.270 e. The number of hydrogen-bond donors (Lipinski definition) is 4. The first-order chi connectivity index (χ1) is 23.4. The number of hydrogen-bond acceptors (Lipinski definition) is 9. The number of carbonyl (C=O) groups excluding carboxylic acids is 2. The van der Waals surface area contributed by atoms with E-state index in [-0.39, 0.29) is 36.0 Å². The second-order valence-corrected chi connectivity index (χ2v) is 13.3. The molecular formula is C36H41FN6O4S. The van der Waals surface area contributed by atoms with Crippen LogP contribution in [0.5, 0.6) is 11.6 Å². The molecule has 0 radical (unpaired) electrons. The van der Waals surface area contributed by atoms with Crippen LogP contribution in [0.3, 0.4) is 0 Å². The molecule has 10 nitrogen and oxygen atoms in total. The van der Waals surface area contributed by atoms with Crippen molar-refractivity contribution in [1.82, 2.24) is 30.8 Å². The fraction of sp³-hybridized carbons (Fsp3) is 0.389. The van der Waals surface area contributed by atoms with Crippen molar-refractivity contribution < 1.29 is 23.8 Å². The van der Waals surface area contributed by atoms with E-state index < -0.39 is 11.7 Å². The van der Waals surface area contributed by atoms with Gasteiger partial charge >= 0.3 is 0 Å². The molecule has 4 N–H and O–H groups in total. The quantitative estimate of drug-likeness (QED) is 0.167. The summed E-state index contributed by atoms with van der Waals surface area (Å²) in [6.07, 6.45) is 5.83. The van der Waals surface area contributed by atoms with Crippen molar-refractivity contribution in [3.8, 4) is 22.8 Å². The second kappa shape index (κ2) is 16.2. The van der Waals surface area contributed by atoms with E-state index >= 15 is 0 Å². The molecule has 4 aromatic rings. The Labute approximate surface area is 283 Å². The van der Waals surface area contributed by atoms with E-state index in [9.17, 15) is 19.1 Å². The fourth-order valence-corrected chi connectivity index (χ4v) is 6.85. The van der Waals surface area contributed by atoms with Gasteiger partial charge in [-0.2, -0.15) is 0 Å². The van der Waals surface area contributed by atoms with Gasteiger partial charge in [-0.3, -0.25) is 9.59 Å². The van der Waals surface area contributed by atoms with Gasteiger partial charge in [0.2, 0.25) is 5.88 Å². The van der Waals surface area contributed by atoms with Crippen LogP contribution < -0.4 is 20.7 Å². The van der Waals surface area contributed by atoms with Gasteiger partial charge in [-0.25, -0.2) is 14.4 Å². The van der Waals surface area contributed by atoms with Crippen LogP contribution >= 0.6 is 11.3 Å². The van der Waals surface area contributed by atoms with E-state index in [1.54, 1.807) is 11.4 Å². The van der Waals surface area contributed by atoms with E-state index in [0.29, 0.717) is 42.1 Å². The van der Waals surface area contributed by atoms with E-state index in [1.807, 2.05) is 18.2 Å². The van der Waals surface area contributed by atoms with E-state index in [2.05, 4.69) is 55.1 Å². The van der Waals surface area contributed by atoms with Crippen LogP contribution in [0.1, 0.15) is 63.5 Å². The molecule has 2 aliphatic rings. The van der Waals surface area contributed by atoms with Gasteiger partial charge in [0.05, 0.1) is 12.8 Å². The Bertz CT molecular complexity index is 1690. The van der Waals surface area contributed by atoms with Crippen molar-refractivity contribution in [2.45, 2.75) is 57.2 Å². The molecule has 1 aliphatic heterocycles. The SMILES string of the molecule is O=C(NC1CCC(NC(=O)c2cc(F)cnc2Oc2cccc(-c3ccc(CCCN4CCNCC4)cc3)c2)CC1)c1csc(CO)n1. The van der Waals surface area contributed by atoms with Gasteiger partial charge in [0.1, 0.15) is 27.8 Å². The van der Waals surface area contributed by atoms with Crippen molar-refractivity contribution in [2.75, 3.05) is 32.7 Å². The molecule has 252 valence electrons. The lowest BCUT2D eigenvalue weighted by Gasteiger charge is -2.29. The first kappa shape index (κ1) is 33.7. The first-order valence-corrected chi connectivity index (χ1v) is 17.4. The van der Waals surface area contributed by atoms with Gasteiger partial charge in [-0.05, 0) is 80.0 Å². The molecule has 0 spiro atoms. The van der Waals surface area contributed by atoms with Crippen molar-refractivity contribution in [3.63, 3.8) is 0 Å². The van der Waals surface area contributed by atoms with Crippen LogP contribution in [-0.4, -0.2) is 76.6 Å². The highest BCUT2D eigenvalue weighted by molar-refractivity contribution is 7.09. The maximum absolute atomic E-state index is 14.3. The highest BCUT2D eigenvalue weighted by Gasteiger charge is 2.26. The van der Waals surface area contributed by atoms with Crippen LogP contribution in [0.25, 0.3) is 11.1 Å². The van der Waals surface area contributed by atoms with Gasteiger partial charge in [-0.15, -0.1) is 11.3 Å². The molecule has 6 rings (SSSR count). The lowest BCUT2D eigenvalue weighted by Crippen LogP contribution is -2.44. The number of nitrogens with one attached hydrogen (secondary N) is 3. The molecule has 3 heterocycles. The minimum Gasteiger partial charge on any atom is -0.438 e. The summed E-state index contributed by atoms with van der Waals surface area (Å²) in [4.78, 5) is 36.6. The summed E-state index contributed by atoms with van der Waals surface area (Å²) >= 11 is 1.24. The first-order valence-electron chi connectivity index (χ1n) is 16.6. The topological polar surface area (TPSA) is 129 Å². The third-order valence-corrected chi connectivity index (χ3v) is 9.70. The minimum absolute atomic E-state index is 0.0178. The van der Waals surface area contributed by atoms with E-state index in [0.717, 1.165) is 69.0 Å². The normalized spacial score (nSPS) is 18.3. The van der Waals surface area contributed by atoms with Crippen LogP contribution in [0.2, 0.25) is 0 Å². The zero-order chi connectivity index (χ0) is 33.3. The predicted molar refractivity (Wildman–Crippen MR) is 183 cm³/mol. The summed E-state index contributed by atoms with van der Waals surface area (Å²) in [5.41, 5.74) is 3.62. The summed E-state index contributed by atoms with van der Waals surface area (Å²) in [5, 5.41) is 20.7. The number of amides is 2. The molecular weight excluding hydrogens is 631 g/mol. The van der Waals surface area contributed by atoms with Gasteiger partial charge in [0.15, 0.2) is 0 Å². The lowest BCUT2D eigenvalue weighted by atomic mass is 9.91. The number of piperazine rings is 1. The highest BCUT2D eigenvalue weighted by Crippen LogP contribution is 2.29. The van der Waals surface area contributed by atoms with Gasteiger partial charge in [0.25, 0.3) is 11.8 Å². The minimum atomic E-state index is -0.632. The molecule has 2 amide bonds. The van der Waals surface area contributed by atoms with Crippen molar-refractivity contribution >= 4 is 23.2 Å². The zero-order valence-electron chi connectivity index (χ0n) is 26.8. The van der Waals surface area contributed by atoms with Crippen LogP contribution in [0.4, 0.5) is 4.39 Å². The third-order valence-electron chi connectivity index (χ3n) is 8.86. The molecule has 2 aromatic carbocycles. The Balaban J connectivity index is 1.03. The second-order valence-electron chi connectivity index (χ2n) is 12.3. The third kappa shape index (κ3) is 9.01. The van der Waals surface area contributed by atoms with Crippen molar-refractivity contribution in [3.05, 3.63) is 93.8 Å². The lowest BCUT2D eigenvalue weighted by molar-refractivity contribution is 0.0887. The molecule has 1 saturated heterocycles. The van der Waals surface area contributed by atoms with Crippen molar-refractivity contribution in [2.24, 2.45) is 0 Å². The number of ether oxygens (including phenoxy) is 1. The Morgan fingerprint density at radius 1 is 0.979 bits per heavy atom. The average molecular weight is 673 g/mol. The Morgan fingerprint density at radius 2 is 1.71 bits per heavy atom. The Morgan fingerprint density at radius 3 is 2.42 bits per heavy atom. The van der Waals surface area contributed by atoms with Crippen LogP contribution in [0.15, 0.2) is 66.2 Å². The molecule has 2 aromatic heterocycles. The number of aromatic nitrogens is 2. The van der Waals surface area contributed by atoms with E-state index in [1.165, 1.54) is 16.9 Å². The summed E-state index contributed by atoms with van der Waals surface area (Å²) in [6.45, 7) is 5.28. The average Bonchev–Trinajstić information content (AvgIpc) is 3.61.